The van der Waals surface area contributed by atoms with Gasteiger partial charge in [-0.1, -0.05) is 15.9 Å². The van der Waals surface area contributed by atoms with Crippen LogP contribution in [0.3, 0.4) is 0 Å². The van der Waals surface area contributed by atoms with E-state index in [1.165, 1.54) is 23.9 Å². The van der Waals surface area contributed by atoms with Gasteiger partial charge in [-0.15, -0.1) is 11.8 Å². The first-order valence-corrected chi connectivity index (χ1v) is 8.62. The van der Waals surface area contributed by atoms with Crippen LogP contribution in [0, 0.1) is 5.82 Å². The Balaban J connectivity index is 3.51. The molecule has 22 heavy (non-hydrogen) atoms. The monoisotopic (exact) mass is 389 g/mol. The molecular formula is C15H17BrFNO3S. The Kier molecular flexibility index (Phi) is 7.61. The molecule has 0 aliphatic heterocycles. The van der Waals surface area contributed by atoms with Crippen molar-refractivity contribution in [1.82, 2.24) is 0 Å². The zero-order chi connectivity index (χ0) is 16.7. The average Bonchev–Trinajstić information content (AvgIpc) is 2.46. The number of aliphatic hydroxyl groups excluding tert-OH is 1. The number of esters is 1. The Labute approximate surface area is 141 Å². The number of ether oxygens (including phenoxy) is 1. The lowest BCUT2D eigenvalue weighted by Crippen LogP contribution is -2.17. The minimum Gasteiger partial charge on any atom is -0.506 e. The second-order valence-corrected chi connectivity index (χ2v) is 5.76. The van der Waals surface area contributed by atoms with Gasteiger partial charge < -0.3 is 9.84 Å². The fourth-order valence-electron chi connectivity index (χ4n) is 1.69. The number of thioether (sulfide) groups is 1. The lowest BCUT2D eigenvalue weighted by Gasteiger charge is -2.12. The highest BCUT2D eigenvalue weighted by Gasteiger charge is 2.24. The van der Waals surface area contributed by atoms with E-state index in [4.69, 9.17) is 4.74 Å². The predicted octanol–water partition coefficient (Wildman–Crippen LogP) is 4.20. The molecule has 0 unspecified atom stereocenters. The normalized spacial score (nSPS) is 12.9. The summed E-state index contributed by atoms with van der Waals surface area (Å²) in [6, 6.07) is 4.18. The highest BCUT2D eigenvalue weighted by Crippen LogP contribution is 2.26. The summed E-state index contributed by atoms with van der Waals surface area (Å²) in [6.45, 7) is 4.03. The summed E-state index contributed by atoms with van der Waals surface area (Å²) in [5.41, 5.74) is -0.207. The van der Waals surface area contributed by atoms with Gasteiger partial charge in [-0.3, -0.25) is 4.99 Å². The molecule has 0 fully saturated rings. The lowest BCUT2D eigenvalue weighted by atomic mass is 10.1. The molecule has 0 spiro atoms. The molecule has 1 aromatic carbocycles. The number of benzene rings is 1. The Morgan fingerprint density at radius 1 is 1.45 bits per heavy atom. The molecule has 7 heteroatoms. The molecule has 0 atom stereocenters. The Hall–Kier alpha value is -1.34. The first-order valence-electron chi connectivity index (χ1n) is 6.60. The van der Waals surface area contributed by atoms with E-state index in [0.29, 0.717) is 16.1 Å². The molecule has 0 aliphatic rings. The average molecular weight is 390 g/mol. The van der Waals surface area contributed by atoms with Crippen LogP contribution in [-0.2, 0) is 9.53 Å². The van der Waals surface area contributed by atoms with Crippen molar-refractivity contribution in [2.75, 3.05) is 19.4 Å². The standard InChI is InChI=1S/C15H17BrFNO3S/c1-4-18-14(22-3)12(15(20)21-5-2)13(19)10-7-6-9(16)8-11(10)17/h6-8,19H,4-5H2,1-3H3. The Morgan fingerprint density at radius 2 is 2.14 bits per heavy atom. The molecule has 0 aliphatic carbocycles. The molecule has 0 bridgehead atoms. The van der Waals surface area contributed by atoms with Crippen molar-refractivity contribution in [2.45, 2.75) is 13.8 Å². The molecule has 1 aromatic rings. The van der Waals surface area contributed by atoms with Crippen LogP contribution in [0.1, 0.15) is 19.4 Å². The van der Waals surface area contributed by atoms with E-state index >= 15 is 0 Å². The second-order valence-electron chi connectivity index (χ2n) is 4.05. The lowest BCUT2D eigenvalue weighted by molar-refractivity contribution is -0.137. The van der Waals surface area contributed by atoms with E-state index in [1.807, 2.05) is 0 Å². The number of hydrogen-bond acceptors (Lipinski definition) is 5. The molecule has 120 valence electrons. The van der Waals surface area contributed by atoms with Gasteiger partial charge in [-0.25, -0.2) is 9.18 Å². The Morgan fingerprint density at radius 3 is 2.64 bits per heavy atom. The fourth-order valence-corrected chi connectivity index (χ4v) is 2.67. The van der Waals surface area contributed by atoms with Crippen molar-refractivity contribution >= 4 is 44.5 Å². The largest absolute Gasteiger partial charge is 0.506 e. The van der Waals surface area contributed by atoms with Crippen molar-refractivity contribution in [3.8, 4) is 0 Å². The zero-order valence-electron chi connectivity index (χ0n) is 12.5. The van der Waals surface area contributed by atoms with Crippen LogP contribution < -0.4 is 0 Å². The predicted molar refractivity (Wildman–Crippen MR) is 91.8 cm³/mol. The van der Waals surface area contributed by atoms with Crippen molar-refractivity contribution in [2.24, 2.45) is 4.99 Å². The number of halogens is 2. The van der Waals surface area contributed by atoms with Gasteiger partial charge in [0.2, 0.25) is 0 Å². The van der Waals surface area contributed by atoms with E-state index in [2.05, 4.69) is 20.9 Å². The molecule has 0 saturated heterocycles. The van der Waals surface area contributed by atoms with Crippen molar-refractivity contribution in [1.29, 1.82) is 0 Å². The van der Waals surface area contributed by atoms with Crippen LogP contribution in [0.25, 0.3) is 5.76 Å². The quantitative estimate of drug-likeness (QED) is 0.269. The minimum absolute atomic E-state index is 0.0795. The maximum Gasteiger partial charge on any atom is 0.344 e. The topological polar surface area (TPSA) is 58.9 Å². The third kappa shape index (κ3) is 4.58. The van der Waals surface area contributed by atoms with Gasteiger partial charge in [0.25, 0.3) is 0 Å². The molecule has 4 nitrogen and oxygen atoms in total. The van der Waals surface area contributed by atoms with Gasteiger partial charge in [0.1, 0.15) is 22.2 Å². The molecule has 0 amide bonds. The van der Waals surface area contributed by atoms with E-state index in [9.17, 15) is 14.3 Å². The smallest absolute Gasteiger partial charge is 0.344 e. The highest BCUT2D eigenvalue weighted by atomic mass is 79.9. The fraction of sp³-hybridized carbons (Fsp3) is 0.333. The van der Waals surface area contributed by atoms with Crippen LogP contribution in [0.5, 0.6) is 0 Å². The van der Waals surface area contributed by atoms with E-state index < -0.39 is 17.5 Å². The first-order chi connectivity index (χ1) is 10.5. The minimum atomic E-state index is -0.733. The Bertz CT molecular complexity index is 617. The summed E-state index contributed by atoms with van der Waals surface area (Å²) in [5, 5.41) is 10.7. The van der Waals surface area contributed by atoms with Gasteiger partial charge in [-0.2, -0.15) is 0 Å². The number of aliphatic hydroxyl groups is 1. The van der Waals surface area contributed by atoms with Crippen LogP contribution in [0.15, 0.2) is 33.2 Å². The van der Waals surface area contributed by atoms with Crippen molar-refractivity contribution in [3.05, 3.63) is 39.6 Å². The molecule has 0 aromatic heterocycles. The third-order valence-corrected chi connectivity index (χ3v) is 3.82. The SMILES string of the molecule is CCN=C(SC)C(C(=O)OCC)=C(O)c1ccc(Br)cc1F. The molecule has 1 rings (SSSR count). The van der Waals surface area contributed by atoms with Gasteiger partial charge in [-0.05, 0) is 38.3 Å². The number of hydrogen-bond donors (Lipinski definition) is 1. The molecule has 1 N–H and O–H groups in total. The maximum absolute atomic E-state index is 14.0. The van der Waals surface area contributed by atoms with Crippen LogP contribution in [0.2, 0.25) is 0 Å². The summed E-state index contributed by atoms with van der Waals surface area (Å²) >= 11 is 4.33. The van der Waals surface area contributed by atoms with Gasteiger partial charge in [0, 0.05) is 11.0 Å². The number of carbonyl (C=O) groups is 1. The van der Waals surface area contributed by atoms with Crippen molar-refractivity contribution in [3.63, 3.8) is 0 Å². The second kappa shape index (κ2) is 8.95. The van der Waals surface area contributed by atoms with E-state index in [-0.39, 0.29) is 17.7 Å². The van der Waals surface area contributed by atoms with Gasteiger partial charge in [0.05, 0.1) is 12.2 Å². The maximum atomic E-state index is 14.0. The van der Waals surface area contributed by atoms with Crippen LogP contribution >= 0.6 is 27.7 Å². The van der Waals surface area contributed by atoms with Crippen LogP contribution in [0.4, 0.5) is 4.39 Å². The summed E-state index contributed by atoms with van der Waals surface area (Å²) in [5.74, 6) is -1.86. The van der Waals surface area contributed by atoms with E-state index in [1.54, 1.807) is 26.2 Å². The molecule has 0 radical (unpaired) electrons. The summed E-state index contributed by atoms with van der Waals surface area (Å²) in [6.07, 6.45) is 1.72. The van der Waals surface area contributed by atoms with E-state index in [0.717, 1.165) is 0 Å². The zero-order valence-corrected chi connectivity index (χ0v) is 14.9. The number of nitrogens with zero attached hydrogens (tertiary/aromatic N) is 1. The summed E-state index contributed by atoms with van der Waals surface area (Å²) in [7, 11) is 0. The highest BCUT2D eigenvalue weighted by molar-refractivity contribution is 9.10. The molecular weight excluding hydrogens is 373 g/mol. The third-order valence-electron chi connectivity index (χ3n) is 2.61. The van der Waals surface area contributed by atoms with Crippen molar-refractivity contribution < 1.29 is 19.0 Å². The number of rotatable bonds is 5. The van der Waals surface area contributed by atoms with Gasteiger partial charge >= 0.3 is 5.97 Å². The summed E-state index contributed by atoms with van der Waals surface area (Å²) in [4.78, 5) is 16.3. The molecule has 0 saturated carbocycles. The molecule has 0 heterocycles. The van der Waals surface area contributed by atoms with Crippen LogP contribution in [-0.4, -0.2) is 35.5 Å². The summed E-state index contributed by atoms with van der Waals surface area (Å²) < 4.78 is 19.5. The number of carbonyl (C=O) groups excluding carboxylic acids is 1. The van der Waals surface area contributed by atoms with Gasteiger partial charge in [0.15, 0.2) is 0 Å². The number of aliphatic imine (C=N–C) groups is 1. The first kappa shape index (κ1) is 18.7.